The summed E-state index contributed by atoms with van der Waals surface area (Å²) in [5, 5.41) is 8.12. The van der Waals surface area contributed by atoms with E-state index in [-0.39, 0.29) is 24.8 Å². The predicted molar refractivity (Wildman–Crippen MR) is 122 cm³/mol. The largest absolute Gasteiger partial charge is 0.350 e. The van der Waals surface area contributed by atoms with Gasteiger partial charge in [-0.05, 0) is 50.6 Å². The molecule has 1 aromatic heterocycles. The van der Waals surface area contributed by atoms with Crippen LogP contribution in [-0.2, 0) is 22.6 Å². The number of likely N-dealkylation sites (N-methyl/N-ethyl adjacent to an activating group) is 1. The zero-order valence-electron chi connectivity index (χ0n) is 18.1. The first-order chi connectivity index (χ1) is 14.9. The molecule has 0 atom stereocenters. The summed E-state index contributed by atoms with van der Waals surface area (Å²) in [6.07, 6.45) is 0.211. The van der Waals surface area contributed by atoms with E-state index in [0.29, 0.717) is 18.1 Å². The van der Waals surface area contributed by atoms with Gasteiger partial charge in [0.05, 0.1) is 24.3 Å². The van der Waals surface area contributed by atoms with Crippen LogP contribution in [0.5, 0.6) is 0 Å². The average Bonchev–Trinajstić information content (AvgIpc) is 3.06. The molecule has 0 saturated carbocycles. The highest BCUT2D eigenvalue weighted by Crippen LogP contribution is 2.19. The lowest BCUT2D eigenvalue weighted by atomic mass is 10.1. The maximum atomic E-state index is 12.9. The van der Waals surface area contributed by atoms with Crippen LogP contribution < -0.4 is 5.32 Å². The van der Waals surface area contributed by atoms with Crippen molar-refractivity contribution in [3.63, 3.8) is 0 Å². The Labute approximate surface area is 187 Å². The molecule has 0 spiro atoms. The highest BCUT2D eigenvalue weighted by molar-refractivity contribution is 6.30. The van der Waals surface area contributed by atoms with Crippen molar-refractivity contribution >= 4 is 23.4 Å². The highest BCUT2D eigenvalue weighted by atomic mass is 35.5. The second kappa shape index (κ2) is 10.3. The van der Waals surface area contributed by atoms with Gasteiger partial charge in [0, 0.05) is 29.4 Å². The maximum absolute atomic E-state index is 12.9. The summed E-state index contributed by atoms with van der Waals surface area (Å²) in [6.45, 7) is 6.61. The fourth-order valence-electron chi connectivity index (χ4n) is 3.42. The summed E-state index contributed by atoms with van der Waals surface area (Å²) >= 11 is 5.88. The third kappa shape index (κ3) is 5.73. The quantitative estimate of drug-likeness (QED) is 0.580. The van der Waals surface area contributed by atoms with E-state index < -0.39 is 0 Å². The molecule has 0 radical (unpaired) electrons. The summed E-state index contributed by atoms with van der Waals surface area (Å²) < 4.78 is 1.85. The van der Waals surface area contributed by atoms with E-state index in [2.05, 4.69) is 10.4 Å². The molecule has 7 heteroatoms. The number of hydrogen-bond donors (Lipinski definition) is 1. The molecule has 3 rings (SSSR count). The number of amides is 2. The predicted octanol–water partition coefficient (Wildman–Crippen LogP) is 3.85. The van der Waals surface area contributed by atoms with Crippen molar-refractivity contribution in [2.45, 2.75) is 33.7 Å². The lowest BCUT2D eigenvalue weighted by Crippen LogP contribution is -2.41. The van der Waals surface area contributed by atoms with Crippen LogP contribution in [-0.4, -0.2) is 39.6 Å². The number of carbonyl (C=O) groups excluding carboxylic acids is 2. The second-order valence-corrected chi connectivity index (χ2v) is 7.82. The minimum absolute atomic E-state index is 0.0217. The number of benzene rings is 2. The molecule has 0 aliphatic carbocycles. The summed E-state index contributed by atoms with van der Waals surface area (Å²) in [4.78, 5) is 26.9. The standard InChI is InChI=1S/C24H27ClN4O2/c1-4-28(16-23(30)26-15-19-10-12-20(25)13-11-19)24(31)14-22-17(2)27-29(18(22)3)21-8-6-5-7-9-21/h5-13H,4,14-16H2,1-3H3,(H,26,30). The molecular formula is C24H27ClN4O2. The van der Waals surface area contributed by atoms with E-state index in [1.165, 1.54) is 0 Å². The average molecular weight is 439 g/mol. The number of hydrogen-bond acceptors (Lipinski definition) is 3. The number of carbonyl (C=O) groups is 2. The van der Waals surface area contributed by atoms with E-state index >= 15 is 0 Å². The fraction of sp³-hybridized carbons (Fsp3) is 0.292. The molecule has 0 bridgehead atoms. The summed E-state index contributed by atoms with van der Waals surface area (Å²) in [5.41, 5.74) is 4.55. The molecule has 0 unspecified atom stereocenters. The minimum Gasteiger partial charge on any atom is -0.350 e. The van der Waals surface area contributed by atoms with E-state index in [0.717, 1.165) is 28.2 Å². The Morgan fingerprint density at radius 2 is 1.74 bits per heavy atom. The van der Waals surface area contributed by atoms with Crippen molar-refractivity contribution in [1.29, 1.82) is 0 Å². The number of aromatic nitrogens is 2. The third-order valence-electron chi connectivity index (χ3n) is 5.24. The van der Waals surface area contributed by atoms with Crippen molar-refractivity contribution in [3.05, 3.63) is 82.1 Å². The molecule has 0 aliphatic rings. The Morgan fingerprint density at radius 3 is 2.39 bits per heavy atom. The van der Waals surface area contributed by atoms with E-state index in [1.807, 2.05) is 67.9 Å². The third-order valence-corrected chi connectivity index (χ3v) is 5.49. The lowest BCUT2D eigenvalue weighted by Gasteiger charge is -2.20. The molecule has 6 nitrogen and oxygen atoms in total. The SMILES string of the molecule is CCN(CC(=O)NCc1ccc(Cl)cc1)C(=O)Cc1c(C)nn(-c2ccccc2)c1C. The first kappa shape index (κ1) is 22.6. The van der Waals surface area contributed by atoms with Gasteiger partial charge >= 0.3 is 0 Å². The van der Waals surface area contributed by atoms with Gasteiger partial charge < -0.3 is 10.2 Å². The van der Waals surface area contributed by atoms with Gasteiger partial charge in [-0.3, -0.25) is 9.59 Å². The monoisotopic (exact) mass is 438 g/mol. The summed E-state index contributed by atoms with van der Waals surface area (Å²) in [5.74, 6) is -0.290. The smallest absolute Gasteiger partial charge is 0.239 e. The van der Waals surface area contributed by atoms with Crippen LogP contribution in [0.1, 0.15) is 29.4 Å². The Hall–Kier alpha value is -3.12. The zero-order valence-corrected chi connectivity index (χ0v) is 18.8. The number of nitrogens with zero attached hydrogens (tertiary/aromatic N) is 3. The molecule has 162 valence electrons. The molecule has 3 aromatic rings. The first-order valence-electron chi connectivity index (χ1n) is 10.3. The van der Waals surface area contributed by atoms with Gasteiger partial charge in [0.15, 0.2) is 0 Å². The van der Waals surface area contributed by atoms with Crippen LogP contribution in [0.15, 0.2) is 54.6 Å². The molecule has 2 aromatic carbocycles. The van der Waals surface area contributed by atoms with Gasteiger partial charge in [0.1, 0.15) is 0 Å². The summed E-state index contributed by atoms with van der Waals surface area (Å²) in [7, 11) is 0. The molecule has 0 saturated heterocycles. The first-order valence-corrected chi connectivity index (χ1v) is 10.7. The van der Waals surface area contributed by atoms with Gasteiger partial charge in [-0.2, -0.15) is 5.10 Å². The number of halogens is 1. The van der Waals surface area contributed by atoms with E-state index in [9.17, 15) is 9.59 Å². The number of para-hydroxylation sites is 1. The Morgan fingerprint density at radius 1 is 1.06 bits per heavy atom. The van der Waals surface area contributed by atoms with Crippen molar-refractivity contribution < 1.29 is 9.59 Å². The summed E-state index contributed by atoms with van der Waals surface area (Å²) in [6, 6.07) is 17.1. The van der Waals surface area contributed by atoms with Crippen molar-refractivity contribution in [2.75, 3.05) is 13.1 Å². The van der Waals surface area contributed by atoms with Gasteiger partial charge in [-0.15, -0.1) is 0 Å². The van der Waals surface area contributed by atoms with Gasteiger partial charge in [0.2, 0.25) is 11.8 Å². The van der Waals surface area contributed by atoms with Gasteiger partial charge in [0.25, 0.3) is 0 Å². The van der Waals surface area contributed by atoms with Crippen LogP contribution in [0.3, 0.4) is 0 Å². The van der Waals surface area contributed by atoms with E-state index in [1.54, 1.807) is 17.0 Å². The normalized spacial score (nSPS) is 10.7. The lowest BCUT2D eigenvalue weighted by molar-refractivity contribution is -0.135. The molecule has 2 amide bonds. The Balaban J connectivity index is 1.62. The number of nitrogens with one attached hydrogen (secondary N) is 1. The second-order valence-electron chi connectivity index (χ2n) is 7.38. The minimum atomic E-state index is -0.196. The van der Waals surface area contributed by atoms with E-state index in [4.69, 9.17) is 11.6 Å². The number of rotatable bonds is 8. The molecule has 1 heterocycles. The van der Waals surface area contributed by atoms with Crippen molar-refractivity contribution in [2.24, 2.45) is 0 Å². The van der Waals surface area contributed by atoms with Crippen molar-refractivity contribution in [1.82, 2.24) is 20.0 Å². The number of aryl methyl sites for hydroxylation is 1. The molecular weight excluding hydrogens is 412 g/mol. The molecule has 0 fully saturated rings. The van der Waals surface area contributed by atoms with Gasteiger partial charge in [-0.1, -0.05) is 41.9 Å². The van der Waals surface area contributed by atoms with Gasteiger partial charge in [-0.25, -0.2) is 4.68 Å². The zero-order chi connectivity index (χ0) is 22.4. The molecule has 1 N–H and O–H groups in total. The topological polar surface area (TPSA) is 67.2 Å². The van der Waals surface area contributed by atoms with Crippen molar-refractivity contribution in [3.8, 4) is 5.69 Å². The molecule has 0 aliphatic heterocycles. The fourth-order valence-corrected chi connectivity index (χ4v) is 3.55. The van der Waals surface area contributed by atoms with Crippen LogP contribution in [0, 0.1) is 13.8 Å². The van der Waals surface area contributed by atoms with Crippen LogP contribution in [0.25, 0.3) is 5.69 Å². The highest BCUT2D eigenvalue weighted by Gasteiger charge is 2.20. The van der Waals surface area contributed by atoms with Crippen LogP contribution in [0.2, 0.25) is 5.02 Å². The maximum Gasteiger partial charge on any atom is 0.239 e. The Kier molecular flexibility index (Phi) is 7.47. The Bertz CT molecular complexity index is 1050. The van der Waals surface area contributed by atoms with Crippen LogP contribution >= 0.6 is 11.6 Å². The van der Waals surface area contributed by atoms with Crippen LogP contribution in [0.4, 0.5) is 0 Å². The molecule has 31 heavy (non-hydrogen) atoms.